The molecule has 1 aliphatic heterocycles. The van der Waals surface area contributed by atoms with Crippen LogP contribution in [0, 0.1) is 11.8 Å². The monoisotopic (exact) mass is 368 g/mol. The molecule has 1 amide bonds. The highest BCUT2D eigenvalue weighted by molar-refractivity contribution is 7.89. The van der Waals surface area contributed by atoms with Crippen molar-refractivity contribution in [2.45, 2.75) is 51.2 Å². The number of nitrogens with one attached hydrogen (secondary N) is 2. The quantitative estimate of drug-likeness (QED) is 0.771. The highest BCUT2D eigenvalue weighted by Crippen LogP contribution is 2.20. The fourth-order valence-electron chi connectivity index (χ4n) is 2.73. The van der Waals surface area contributed by atoms with Crippen LogP contribution in [0.3, 0.4) is 0 Å². The largest absolute Gasteiger partial charge is 0.378 e. The lowest BCUT2D eigenvalue weighted by Crippen LogP contribution is -2.39. The van der Waals surface area contributed by atoms with E-state index in [0.29, 0.717) is 19.7 Å². The standard InChI is InChI=1S/C18H28N2O4S/c1-13(2)11-20-25(22,23)16-8-6-15(7-9-16)12-19-18(21)17-5-4-10-24-14(17)3/h6-9,13-14,17,20H,4-5,10-12H2,1-3H3,(H,19,21). The van der Waals surface area contributed by atoms with E-state index in [-0.39, 0.29) is 28.7 Å². The summed E-state index contributed by atoms with van der Waals surface area (Å²) in [7, 11) is -3.48. The summed E-state index contributed by atoms with van der Waals surface area (Å²) in [5.41, 5.74) is 0.862. The SMILES string of the molecule is CC(C)CNS(=O)(=O)c1ccc(CNC(=O)C2CCCOC2C)cc1. The predicted molar refractivity (Wildman–Crippen MR) is 96.5 cm³/mol. The van der Waals surface area contributed by atoms with E-state index >= 15 is 0 Å². The molecule has 0 bridgehead atoms. The number of benzene rings is 1. The van der Waals surface area contributed by atoms with Gasteiger partial charge in [0.2, 0.25) is 15.9 Å². The van der Waals surface area contributed by atoms with Crippen LogP contribution in [0.15, 0.2) is 29.2 Å². The highest BCUT2D eigenvalue weighted by Gasteiger charge is 2.28. The number of rotatable bonds is 7. The molecular weight excluding hydrogens is 340 g/mol. The number of ether oxygens (including phenoxy) is 1. The number of carbonyl (C=O) groups excluding carboxylic acids is 1. The molecule has 2 unspecified atom stereocenters. The van der Waals surface area contributed by atoms with Gasteiger partial charge in [-0.05, 0) is 43.4 Å². The first-order chi connectivity index (χ1) is 11.8. The Morgan fingerprint density at radius 2 is 1.96 bits per heavy atom. The van der Waals surface area contributed by atoms with Crippen LogP contribution in [-0.2, 0) is 26.1 Å². The van der Waals surface area contributed by atoms with Gasteiger partial charge in [-0.3, -0.25) is 4.79 Å². The first-order valence-corrected chi connectivity index (χ1v) is 10.3. The summed E-state index contributed by atoms with van der Waals surface area (Å²) < 4.78 is 32.4. The lowest BCUT2D eigenvalue weighted by Gasteiger charge is -2.28. The molecule has 7 heteroatoms. The third-order valence-corrected chi connectivity index (χ3v) is 5.77. The van der Waals surface area contributed by atoms with Gasteiger partial charge in [0, 0.05) is 19.7 Å². The Hall–Kier alpha value is -1.44. The van der Waals surface area contributed by atoms with Gasteiger partial charge in [-0.25, -0.2) is 13.1 Å². The topological polar surface area (TPSA) is 84.5 Å². The second kappa shape index (κ2) is 8.78. The summed E-state index contributed by atoms with van der Waals surface area (Å²) >= 11 is 0. The molecule has 1 heterocycles. The minimum absolute atomic E-state index is 0.0116. The van der Waals surface area contributed by atoms with Gasteiger partial charge in [-0.2, -0.15) is 0 Å². The molecule has 0 radical (unpaired) electrons. The third kappa shape index (κ3) is 5.80. The zero-order valence-electron chi connectivity index (χ0n) is 15.1. The molecule has 1 aliphatic rings. The first-order valence-electron chi connectivity index (χ1n) is 8.77. The lowest BCUT2D eigenvalue weighted by atomic mass is 9.94. The molecule has 0 aliphatic carbocycles. The molecule has 140 valence electrons. The molecule has 1 fully saturated rings. The number of hydrogen-bond donors (Lipinski definition) is 2. The summed E-state index contributed by atoms with van der Waals surface area (Å²) in [6.45, 7) is 7.32. The van der Waals surface area contributed by atoms with Crippen LogP contribution in [0.4, 0.5) is 0 Å². The van der Waals surface area contributed by atoms with Crippen LogP contribution in [-0.4, -0.2) is 33.6 Å². The minimum Gasteiger partial charge on any atom is -0.378 e. The van der Waals surface area contributed by atoms with E-state index in [2.05, 4.69) is 10.0 Å². The molecule has 0 spiro atoms. The molecule has 1 aromatic carbocycles. The molecule has 6 nitrogen and oxygen atoms in total. The highest BCUT2D eigenvalue weighted by atomic mass is 32.2. The Balaban J connectivity index is 1.90. The molecule has 2 atom stereocenters. The molecular formula is C18H28N2O4S. The Morgan fingerprint density at radius 3 is 2.56 bits per heavy atom. The number of carbonyl (C=O) groups is 1. The molecule has 2 N–H and O–H groups in total. The van der Waals surface area contributed by atoms with Crippen molar-refractivity contribution in [3.8, 4) is 0 Å². The van der Waals surface area contributed by atoms with Crippen molar-refractivity contribution in [3.05, 3.63) is 29.8 Å². The fraction of sp³-hybridized carbons (Fsp3) is 0.611. The van der Waals surface area contributed by atoms with Gasteiger partial charge in [0.25, 0.3) is 0 Å². The molecule has 1 aromatic rings. The molecule has 25 heavy (non-hydrogen) atoms. The second-order valence-corrected chi connectivity index (χ2v) is 8.70. The second-order valence-electron chi connectivity index (χ2n) is 6.93. The summed E-state index contributed by atoms with van der Waals surface area (Å²) in [5.74, 6) is 0.117. The van der Waals surface area contributed by atoms with Gasteiger partial charge in [-0.15, -0.1) is 0 Å². The van der Waals surface area contributed by atoms with Crippen LogP contribution < -0.4 is 10.0 Å². The Labute approximate surface area is 150 Å². The number of hydrogen-bond acceptors (Lipinski definition) is 4. The van der Waals surface area contributed by atoms with E-state index in [4.69, 9.17) is 4.74 Å². The summed E-state index contributed by atoms with van der Waals surface area (Å²) in [5, 5.41) is 2.91. The maximum atomic E-state index is 12.3. The summed E-state index contributed by atoms with van der Waals surface area (Å²) in [4.78, 5) is 12.5. The predicted octanol–water partition coefficient (Wildman–Crippen LogP) is 2.05. The van der Waals surface area contributed by atoms with Crippen molar-refractivity contribution in [1.29, 1.82) is 0 Å². The van der Waals surface area contributed by atoms with Crippen molar-refractivity contribution in [1.82, 2.24) is 10.0 Å². The first kappa shape index (κ1) is 19.9. The number of sulfonamides is 1. The van der Waals surface area contributed by atoms with Crippen LogP contribution >= 0.6 is 0 Å². The van der Waals surface area contributed by atoms with Crippen molar-refractivity contribution in [2.75, 3.05) is 13.2 Å². The summed E-state index contributed by atoms with van der Waals surface area (Å²) in [6, 6.07) is 6.59. The van der Waals surface area contributed by atoms with E-state index in [1.54, 1.807) is 24.3 Å². The Kier molecular flexibility index (Phi) is 6.98. The van der Waals surface area contributed by atoms with Crippen LogP contribution in [0.1, 0.15) is 39.2 Å². The molecule has 0 saturated carbocycles. The molecule has 0 aromatic heterocycles. The van der Waals surface area contributed by atoms with Crippen molar-refractivity contribution >= 4 is 15.9 Å². The van der Waals surface area contributed by atoms with E-state index in [9.17, 15) is 13.2 Å². The maximum absolute atomic E-state index is 12.3. The zero-order chi connectivity index (χ0) is 18.4. The smallest absolute Gasteiger partial charge is 0.240 e. The van der Waals surface area contributed by atoms with Gasteiger partial charge in [0.05, 0.1) is 16.9 Å². The number of amides is 1. The minimum atomic E-state index is -3.48. The van der Waals surface area contributed by atoms with E-state index in [1.165, 1.54) is 0 Å². The third-order valence-electron chi connectivity index (χ3n) is 4.33. The average molecular weight is 368 g/mol. The van der Waals surface area contributed by atoms with Crippen molar-refractivity contribution < 1.29 is 17.9 Å². The van der Waals surface area contributed by atoms with Gasteiger partial charge in [-0.1, -0.05) is 26.0 Å². The van der Waals surface area contributed by atoms with E-state index < -0.39 is 10.0 Å². The summed E-state index contributed by atoms with van der Waals surface area (Å²) in [6.07, 6.45) is 1.68. The average Bonchev–Trinajstić information content (AvgIpc) is 2.59. The Morgan fingerprint density at radius 1 is 1.28 bits per heavy atom. The van der Waals surface area contributed by atoms with Gasteiger partial charge in [0.1, 0.15) is 0 Å². The maximum Gasteiger partial charge on any atom is 0.240 e. The molecule has 2 rings (SSSR count). The normalized spacial score (nSPS) is 21.3. The van der Waals surface area contributed by atoms with Gasteiger partial charge < -0.3 is 10.1 Å². The van der Waals surface area contributed by atoms with Gasteiger partial charge >= 0.3 is 0 Å². The zero-order valence-corrected chi connectivity index (χ0v) is 15.9. The fourth-order valence-corrected chi connectivity index (χ4v) is 3.95. The van der Waals surface area contributed by atoms with Crippen LogP contribution in [0.5, 0.6) is 0 Å². The van der Waals surface area contributed by atoms with E-state index in [0.717, 1.165) is 18.4 Å². The van der Waals surface area contributed by atoms with Crippen LogP contribution in [0.25, 0.3) is 0 Å². The lowest BCUT2D eigenvalue weighted by molar-refractivity contribution is -0.133. The van der Waals surface area contributed by atoms with Crippen molar-refractivity contribution in [2.24, 2.45) is 11.8 Å². The van der Waals surface area contributed by atoms with Crippen LogP contribution in [0.2, 0.25) is 0 Å². The Bertz CT molecular complexity index is 671. The van der Waals surface area contributed by atoms with E-state index in [1.807, 2.05) is 20.8 Å². The molecule has 1 saturated heterocycles. The van der Waals surface area contributed by atoms with Gasteiger partial charge in [0.15, 0.2) is 0 Å². The van der Waals surface area contributed by atoms with Crippen molar-refractivity contribution in [3.63, 3.8) is 0 Å².